The Hall–Kier alpha value is -2.19. The molecule has 1 N–H and O–H groups in total. The zero-order chi connectivity index (χ0) is 16.6. The number of benzene rings is 1. The third kappa shape index (κ3) is 3.13. The molecule has 0 atom stereocenters. The van der Waals surface area contributed by atoms with Crippen molar-refractivity contribution < 1.29 is 17.3 Å². The highest BCUT2D eigenvalue weighted by atomic mass is 32.2. The third-order valence-corrected chi connectivity index (χ3v) is 5.84. The van der Waals surface area contributed by atoms with Gasteiger partial charge in [-0.2, -0.15) is 0 Å². The molecule has 0 bridgehead atoms. The Bertz CT molecular complexity index is 961. The van der Waals surface area contributed by atoms with E-state index in [-0.39, 0.29) is 10.6 Å². The molecule has 0 radical (unpaired) electrons. The van der Waals surface area contributed by atoms with Crippen LogP contribution in [0.5, 0.6) is 0 Å². The van der Waals surface area contributed by atoms with Gasteiger partial charge in [0.2, 0.25) is 0 Å². The number of aryl methyl sites for hydroxylation is 2. The number of anilines is 1. The van der Waals surface area contributed by atoms with E-state index in [1.165, 1.54) is 35.6 Å². The molecule has 0 aliphatic rings. The summed E-state index contributed by atoms with van der Waals surface area (Å²) in [5.41, 5.74) is 0.620. The number of sulfonamides is 1. The van der Waals surface area contributed by atoms with Crippen LogP contribution >= 0.6 is 11.3 Å². The van der Waals surface area contributed by atoms with Gasteiger partial charge in [0, 0.05) is 10.9 Å². The lowest BCUT2D eigenvalue weighted by Crippen LogP contribution is -2.14. The quantitative estimate of drug-likeness (QED) is 0.771. The van der Waals surface area contributed by atoms with E-state index < -0.39 is 15.8 Å². The first-order valence-corrected chi connectivity index (χ1v) is 8.98. The molecule has 3 aromatic rings. The predicted molar refractivity (Wildman–Crippen MR) is 86.5 cm³/mol. The van der Waals surface area contributed by atoms with Crippen LogP contribution in [0.1, 0.15) is 10.6 Å². The van der Waals surface area contributed by atoms with Crippen LogP contribution in [0.2, 0.25) is 0 Å². The number of rotatable bonds is 4. The van der Waals surface area contributed by atoms with Crippen molar-refractivity contribution in [2.45, 2.75) is 18.7 Å². The van der Waals surface area contributed by atoms with Crippen molar-refractivity contribution in [2.24, 2.45) is 0 Å². The van der Waals surface area contributed by atoms with E-state index >= 15 is 0 Å². The number of halogens is 1. The molecule has 0 amide bonds. The SMILES string of the molecule is Cc1cc(-c2cc(S(=O)(=O)Nc3ccccc3F)c(C)s2)on1. The van der Waals surface area contributed by atoms with E-state index in [9.17, 15) is 12.8 Å². The average molecular weight is 352 g/mol. The second-order valence-electron chi connectivity index (χ2n) is 4.95. The molecule has 23 heavy (non-hydrogen) atoms. The van der Waals surface area contributed by atoms with Gasteiger partial charge < -0.3 is 4.52 Å². The molecule has 5 nitrogen and oxygen atoms in total. The highest BCUT2D eigenvalue weighted by Crippen LogP contribution is 2.34. The molecular weight excluding hydrogens is 339 g/mol. The Morgan fingerprint density at radius 1 is 1.22 bits per heavy atom. The van der Waals surface area contributed by atoms with Crippen molar-refractivity contribution in [2.75, 3.05) is 4.72 Å². The van der Waals surface area contributed by atoms with Gasteiger partial charge in [0.1, 0.15) is 10.7 Å². The predicted octanol–water partition coefficient (Wildman–Crippen LogP) is 3.96. The Kier molecular flexibility index (Phi) is 3.95. The van der Waals surface area contributed by atoms with E-state index in [0.717, 1.165) is 0 Å². The Balaban J connectivity index is 1.97. The molecule has 0 aliphatic heterocycles. The molecule has 8 heteroatoms. The van der Waals surface area contributed by atoms with Crippen molar-refractivity contribution in [1.82, 2.24) is 5.16 Å². The molecule has 0 aliphatic carbocycles. The molecule has 0 saturated carbocycles. The number of hydrogen-bond donors (Lipinski definition) is 1. The van der Waals surface area contributed by atoms with Gasteiger partial charge in [-0.1, -0.05) is 17.3 Å². The fourth-order valence-electron chi connectivity index (χ4n) is 2.08. The Morgan fingerprint density at radius 3 is 2.61 bits per heavy atom. The van der Waals surface area contributed by atoms with E-state index in [0.29, 0.717) is 21.2 Å². The summed E-state index contributed by atoms with van der Waals surface area (Å²) in [6, 6.07) is 8.85. The third-order valence-electron chi connectivity index (χ3n) is 3.15. The van der Waals surface area contributed by atoms with Crippen LogP contribution < -0.4 is 4.72 Å². The number of aromatic nitrogens is 1. The maximum absolute atomic E-state index is 13.7. The number of nitrogens with one attached hydrogen (secondary N) is 1. The second-order valence-corrected chi connectivity index (χ2v) is 7.86. The molecule has 2 heterocycles. The van der Waals surface area contributed by atoms with Crippen molar-refractivity contribution in [3.63, 3.8) is 0 Å². The van der Waals surface area contributed by atoms with Crippen LogP contribution in [0.25, 0.3) is 10.6 Å². The molecule has 0 fully saturated rings. The smallest absolute Gasteiger partial charge is 0.263 e. The van der Waals surface area contributed by atoms with Gasteiger partial charge in [0.15, 0.2) is 5.76 Å². The van der Waals surface area contributed by atoms with E-state index in [2.05, 4.69) is 9.88 Å². The monoisotopic (exact) mass is 352 g/mol. The minimum Gasteiger partial charge on any atom is -0.355 e. The summed E-state index contributed by atoms with van der Waals surface area (Å²) in [6.45, 7) is 3.47. The standard InChI is InChI=1S/C15H13FN2O3S2/c1-9-7-13(21-17-9)14-8-15(10(2)22-14)23(19,20)18-12-6-4-3-5-11(12)16/h3-8,18H,1-2H3. The molecule has 2 aromatic heterocycles. The minimum absolute atomic E-state index is 0.0878. The van der Waals surface area contributed by atoms with Gasteiger partial charge in [0.25, 0.3) is 10.0 Å². The average Bonchev–Trinajstić information content (AvgIpc) is 3.07. The van der Waals surface area contributed by atoms with Crippen LogP contribution in [0.15, 0.2) is 45.8 Å². The first-order valence-electron chi connectivity index (χ1n) is 6.68. The fraction of sp³-hybridized carbons (Fsp3) is 0.133. The summed E-state index contributed by atoms with van der Waals surface area (Å²) in [5, 5.41) is 3.79. The van der Waals surface area contributed by atoms with Gasteiger partial charge in [-0.25, -0.2) is 12.8 Å². The van der Waals surface area contributed by atoms with Crippen LogP contribution in [0.4, 0.5) is 10.1 Å². The molecule has 1 aromatic carbocycles. The van der Waals surface area contributed by atoms with Gasteiger partial charge in [0.05, 0.1) is 16.3 Å². The van der Waals surface area contributed by atoms with Gasteiger partial charge in [-0.3, -0.25) is 4.72 Å². The lowest BCUT2D eigenvalue weighted by Gasteiger charge is -2.08. The van der Waals surface area contributed by atoms with E-state index in [4.69, 9.17) is 4.52 Å². The van der Waals surface area contributed by atoms with Crippen molar-refractivity contribution in [1.29, 1.82) is 0 Å². The van der Waals surface area contributed by atoms with Crippen LogP contribution in [-0.2, 0) is 10.0 Å². The fourth-order valence-corrected chi connectivity index (χ4v) is 4.69. The summed E-state index contributed by atoms with van der Waals surface area (Å²) in [6.07, 6.45) is 0. The molecular formula is C15H13FN2O3S2. The Labute approximate surface area is 136 Å². The summed E-state index contributed by atoms with van der Waals surface area (Å²) in [7, 11) is -3.89. The zero-order valence-electron chi connectivity index (χ0n) is 12.3. The summed E-state index contributed by atoms with van der Waals surface area (Å²) >= 11 is 1.28. The first kappa shape index (κ1) is 15.7. The second kappa shape index (κ2) is 5.78. The van der Waals surface area contributed by atoms with Crippen molar-refractivity contribution in [3.8, 4) is 10.6 Å². The highest BCUT2D eigenvalue weighted by Gasteiger charge is 2.22. The topological polar surface area (TPSA) is 72.2 Å². The zero-order valence-corrected chi connectivity index (χ0v) is 14.0. The summed E-state index contributed by atoms with van der Waals surface area (Å²) < 4.78 is 46.1. The Morgan fingerprint density at radius 2 is 1.96 bits per heavy atom. The largest absolute Gasteiger partial charge is 0.355 e. The van der Waals surface area contributed by atoms with Gasteiger partial charge in [-0.15, -0.1) is 11.3 Å². The maximum atomic E-state index is 13.7. The first-order chi connectivity index (χ1) is 10.9. The number of thiophene rings is 1. The lowest BCUT2D eigenvalue weighted by molar-refractivity contribution is 0.428. The molecule has 0 unspecified atom stereocenters. The van der Waals surface area contributed by atoms with Crippen LogP contribution in [0, 0.1) is 19.7 Å². The molecule has 3 rings (SSSR count). The number of nitrogens with zero attached hydrogens (tertiary/aromatic N) is 1. The summed E-state index contributed by atoms with van der Waals surface area (Å²) in [5.74, 6) is -0.127. The minimum atomic E-state index is -3.89. The van der Waals surface area contributed by atoms with Gasteiger partial charge >= 0.3 is 0 Å². The van der Waals surface area contributed by atoms with Crippen LogP contribution in [-0.4, -0.2) is 13.6 Å². The summed E-state index contributed by atoms with van der Waals surface area (Å²) in [4.78, 5) is 1.32. The number of para-hydroxylation sites is 1. The molecule has 0 spiro atoms. The molecule has 0 saturated heterocycles. The lowest BCUT2D eigenvalue weighted by atomic mass is 10.3. The van der Waals surface area contributed by atoms with Gasteiger partial charge in [-0.05, 0) is 32.0 Å². The van der Waals surface area contributed by atoms with E-state index in [1.807, 2.05) is 0 Å². The van der Waals surface area contributed by atoms with Crippen LogP contribution in [0.3, 0.4) is 0 Å². The van der Waals surface area contributed by atoms with Crippen molar-refractivity contribution >= 4 is 27.0 Å². The van der Waals surface area contributed by atoms with E-state index in [1.54, 1.807) is 26.0 Å². The normalized spacial score (nSPS) is 11.6. The maximum Gasteiger partial charge on any atom is 0.263 e. The highest BCUT2D eigenvalue weighted by molar-refractivity contribution is 7.93. The van der Waals surface area contributed by atoms with Crippen molar-refractivity contribution in [3.05, 3.63) is 52.8 Å². The molecule has 120 valence electrons. The number of hydrogen-bond acceptors (Lipinski definition) is 5.